The van der Waals surface area contributed by atoms with E-state index in [1.165, 1.54) is 17.7 Å². The second-order valence-electron chi connectivity index (χ2n) is 6.01. The molecule has 0 bridgehead atoms. The number of hydrogen-bond acceptors (Lipinski definition) is 2. The lowest BCUT2D eigenvalue weighted by Crippen LogP contribution is -2.39. The molecule has 3 nitrogen and oxygen atoms in total. The van der Waals surface area contributed by atoms with Gasteiger partial charge < -0.3 is 9.80 Å². The van der Waals surface area contributed by atoms with Gasteiger partial charge in [-0.05, 0) is 48.9 Å². The van der Waals surface area contributed by atoms with Crippen LogP contribution in [0.2, 0.25) is 0 Å². The van der Waals surface area contributed by atoms with Gasteiger partial charge in [-0.1, -0.05) is 6.92 Å². The molecule has 0 N–H and O–H groups in total. The summed E-state index contributed by atoms with van der Waals surface area (Å²) >= 11 is 0. The third kappa shape index (κ3) is 2.34. The van der Waals surface area contributed by atoms with Gasteiger partial charge >= 0.3 is 0 Å². The molecular formula is C16H22N2O. The molecule has 2 aliphatic rings. The highest BCUT2D eigenvalue weighted by Gasteiger charge is 2.23. The highest BCUT2D eigenvalue weighted by Crippen LogP contribution is 2.28. The van der Waals surface area contributed by atoms with Crippen LogP contribution in [-0.4, -0.2) is 37.5 Å². The number of hydrogen-bond donors (Lipinski definition) is 0. The number of piperidine rings is 1. The van der Waals surface area contributed by atoms with Gasteiger partial charge in [-0.3, -0.25) is 4.79 Å². The van der Waals surface area contributed by atoms with Crippen molar-refractivity contribution in [2.75, 3.05) is 31.6 Å². The highest BCUT2D eigenvalue weighted by molar-refractivity contribution is 5.95. The standard InChI is InChI=1S/C16H22N2O/c1-12-4-3-8-18(11-12)16(19)14-5-6-15-13(10-14)7-9-17(15)2/h5-6,10,12H,3-4,7-9,11H2,1-2H3. The van der Waals surface area contributed by atoms with E-state index in [1.807, 2.05) is 11.0 Å². The number of nitrogens with zero attached hydrogens (tertiary/aromatic N) is 2. The smallest absolute Gasteiger partial charge is 0.253 e. The zero-order valence-corrected chi connectivity index (χ0v) is 11.9. The SMILES string of the molecule is CC1CCCN(C(=O)c2ccc3c(c2)CCN3C)C1. The van der Waals surface area contributed by atoms with Crippen LogP contribution in [0, 0.1) is 5.92 Å². The molecule has 0 aromatic heterocycles. The van der Waals surface area contributed by atoms with E-state index in [0.29, 0.717) is 5.92 Å². The molecule has 1 unspecified atom stereocenters. The summed E-state index contributed by atoms with van der Waals surface area (Å²) in [5, 5.41) is 0. The Labute approximate surface area is 115 Å². The van der Waals surface area contributed by atoms with E-state index in [2.05, 4.69) is 31.0 Å². The maximum Gasteiger partial charge on any atom is 0.253 e. The van der Waals surface area contributed by atoms with Crippen LogP contribution in [0.1, 0.15) is 35.7 Å². The molecule has 1 saturated heterocycles. The molecule has 3 heteroatoms. The van der Waals surface area contributed by atoms with Gasteiger partial charge in [0.15, 0.2) is 0 Å². The fraction of sp³-hybridized carbons (Fsp3) is 0.562. The van der Waals surface area contributed by atoms with E-state index in [0.717, 1.165) is 38.0 Å². The topological polar surface area (TPSA) is 23.6 Å². The first kappa shape index (κ1) is 12.5. The van der Waals surface area contributed by atoms with Crippen molar-refractivity contribution in [2.24, 2.45) is 5.92 Å². The highest BCUT2D eigenvalue weighted by atomic mass is 16.2. The molecule has 0 aliphatic carbocycles. The van der Waals surface area contributed by atoms with Crippen molar-refractivity contribution in [2.45, 2.75) is 26.2 Å². The largest absolute Gasteiger partial charge is 0.374 e. The molecule has 102 valence electrons. The number of carbonyl (C=O) groups excluding carboxylic acids is 1. The van der Waals surface area contributed by atoms with Gasteiger partial charge in [-0.15, -0.1) is 0 Å². The summed E-state index contributed by atoms with van der Waals surface area (Å²) in [7, 11) is 2.11. The summed E-state index contributed by atoms with van der Waals surface area (Å²) in [6, 6.07) is 6.19. The van der Waals surface area contributed by atoms with Crippen molar-refractivity contribution >= 4 is 11.6 Å². The molecule has 19 heavy (non-hydrogen) atoms. The van der Waals surface area contributed by atoms with Crippen LogP contribution < -0.4 is 4.90 Å². The Morgan fingerprint density at radius 1 is 1.32 bits per heavy atom. The molecule has 2 aliphatic heterocycles. The Morgan fingerprint density at radius 3 is 2.95 bits per heavy atom. The first-order chi connectivity index (χ1) is 9.15. The normalized spacial score (nSPS) is 22.5. The minimum Gasteiger partial charge on any atom is -0.374 e. The summed E-state index contributed by atoms with van der Waals surface area (Å²) in [4.78, 5) is 16.8. The Kier molecular flexibility index (Phi) is 3.21. The quantitative estimate of drug-likeness (QED) is 0.773. The average molecular weight is 258 g/mol. The zero-order chi connectivity index (χ0) is 13.4. The van der Waals surface area contributed by atoms with Gasteiger partial charge in [0.1, 0.15) is 0 Å². The van der Waals surface area contributed by atoms with Gasteiger partial charge in [-0.25, -0.2) is 0 Å². The van der Waals surface area contributed by atoms with Crippen LogP contribution in [0.25, 0.3) is 0 Å². The predicted octanol–water partition coefficient (Wildman–Crippen LogP) is 2.55. The molecule has 1 amide bonds. The fourth-order valence-corrected chi connectivity index (χ4v) is 3.26. The van der Waals surface area contributed by atoms with Crippen LogP contribution in [0.5, 0.6) is 0 Å². The zero-order valence-electron chi connectivity index (χ0n) is 11.9. The Bertz CT molecular complexity index is 498. The number of benzene rings is 1. The van der Waals surface area contributed by atoms with Crippen molar-refractivity contribution in [3.63, 3.8) is 0 Å². The maximum atomic E-state index is 12.5. The van der Waals surface area contributed by atoms with E-state index < -0.39 is 0 Å². The number of amides is 1. The van der Waals surface area contributed by atoms with E-state index in [-0.39, 0.29) is 5.91 Å². The fourth-order valence-electron chi connectivity index (χ4n) is 3.26. The molecule has 0 saturated carbocycles. The number of rotatable bonds is 1. The number of anilines is 1. The average Bonchev–Trinajstić information content (AvgIpc) is 2.79. The maximum absolute atomic E-state index is 12.5. The Hall–Kier alpha value is -1.51. The summed E-state index contributed by atoms with van der Waals surface area (Å²) < 4.78 is 0. The van der Waals surface area contributed by atoms with Crippen LogP contribution in [0.3, 0.4) is 0 Å². The lowest BCUT2D eigenvalue weighted by molar-refractivity contribution is 0.0683. The minimum atomic E-state index is 0.212. The third-order valence-electron chi connectivity index (χ3n) is 4.40. The molecule has 2 heterocycles. The van der Waals surface area contributed by atoms with Crippen LogP contribution in [0.15, 0.2) is 18.2 Å². The van der Waals surface area contributed by atoms with Crippen LogP contribution in [0.4, 0.5) is 5.69 Å². The van der Waals surface area contributed by atoms with Crippen LogP contribution in [-0.2, 0) is 6.42 Å². The lowest BCUT2D eigenvalue weighted by atomic mass is 9.99. The number of fused-ring (bicyclic) bond motifs is 1. The minimum absolute atomic E-state index is 0.212. The molecule has 3 rings (SSSR count). The van der Waals surface area contributed by atoms with Gasteiger partial charge in [0, 0.05) is 37.9 Å². The van der Waals surface area contributed by atoms with E-state index in [4.69, 9.17) is 0 Å². The van der Waals surface area contributed by atoms with Gasteiger partial charge in [0.2, 0.25) is 0 Å². The van der Waals surface area contributed by atoms with E-state index >= 15 is 0 Å². The lowest BCUT2D eigenvalue weighted by Gasteiger charge is -2.31. The van der Waals surface area contributed by atoms with Gasteiger partial charge in [-0.2, -0.15) is 0 Å². The van der Waals surface area contributed by atoms with Crippen molar-refractivity contribution in [1.82, 2.24) is 4.90 Å². The predicted molar refractivity (Wildman–Crippen MR) is 77.7 cm³/mol. The van der Waals surface area contributed by atoms with Crippen molar-refractivity contribution < 1.29 is 4.79 Å². The Balaban J connectivity index is 1.80. The second-order valence-corrected chi connectivity index (χ2v) is 6.01. The summed E-state index contributed by atoms with van der Waals surface area (Å²) in [6.07, 6.45) is 3.45. The molecule has 0 spiro atoms. The molecule has 1 fully saturated rings. The molecule has 1 aromatic rings. The van der Waals surface area contributed by atoms with Crippen LogP contribution >= 0.6 is 0 Å². The van der Waals surface area contributed by atoms with E-state index in [9.17, 15) is 4.79 Å². The molecule has 1 atom stereocenters. The summed E-state index contributed by atoms with van der Waals surface area (Å²) in [5.74, 6) is 0.849. The number of likely N-dealkylation sites (tertiary alicyclic amines) is 1. The van der Waals surface area contributed by atoms with E-state index in [1.54, 1.807) is 0 Å². The summed E-state index contributed by atoms with van der Waals surface area (Å²) in [6.45, 7) is 5.13. The monoisotopic (exact) mass is 258 g/mol. The van der Waals surface area contributed by atoms with Gasteiger partial charge in [0.05, 0.1) is 0 Å². The first-order valence-electron chi connectivity index (χ1n) is 7.28. The second kappa shape index (κ2) is 4.87. The van der Waals surface area contributed by atoms with Crippen molar-refractivity contribution in [3.8, 4) is 0 Å². The van der Waals surface area contributed by atoms with Crippen molar-refractivity contribution in [1.29, 1.82) is 0 Å². The summed E-state index contributed by atoms with van der Waals surface area (Å²) in [5.41, 5.74) is 3.46. The van der Waals surface area contributed by atoms with Gasteiger partial charge in [0.25, 0.3) is 5.91 Å². The third-order valence-corrected chi connectivity index (χ3v) is 4.40. The molecule has 1 aromatic carbocycles. The Morgan fingerprint density at radius 2 is 2.16 bits per heavy atom. The van der Waals surface area contributed by atoms with Crippen molar-refractivity contribution in [3.05, 3.63) is 29.3 Å². The number of carbonyl (C=O) groups is 1. The number of likely N-dealkylation sites (N-methyl/N-ethyl adjacent to an activating group) is 1. The molecule has 0 radical (unpaired) electrons. The molecular weight excluding hydrogens is 236 g/mol. The first-order valence-corrected chi connectivity index (χ1v) is 7.28.